The Labute approximate surface area is 175 Å². The molecule has 0 unspecified atom stereocenters. The zero-order valence-electron chi connectivity index (χ0n) is 17.5. The summed E-state index contributed by atoms with van der Waals surface area (Å²) in [5.74, 6) is 0.743. The number of carbonyl (C=O) groups is 2. The Morgan fingerprint density at radius 3 is 2.55 bits per heavy atom. The van der Waals surface area contributed by atoms with Crippen molar-refractivity contribution in [1.82, 2.24) is 4.90 Å². The van der Waals surface area contributed by atoms with Crippen LogP contribution >= 0.6 is 11.8 Å². The molecule has 1 amide bonds. The maximum Gasteiger partial charge on any atom is 0.338 e. The molecule has 7 nitrogen and oxygen atoms in total. The zero-order chi connectivity index (χ0) is 21.3. The van der Waals surface area contributed by atoms with E-state index in [1.807, 2.05) is 26.8 Å². The zero-order valence-corrected chi connectivity index (χ0v) is 18.3. The molecule has 0 aromatic heterocycles. The molecule has 0 N–H and O–H groups in total. The maximum atomic E-state index is 13.0. The minimum Gasteiger partial charge on any atom is -0.493 e. The van der Waals surface area contributed by atoms with Crippen molar-refractivity contribution in [2.45, 2.75) is 39.0 Å². The number of ether oxygens (including phenoxy) is 3. The number of hydrogen-bond acceptors (Lipinski definition) is 7. The van der Waals surface area contributed by atoms with E-state index < -0.39 is 12.0 Å². The summed E-state index contributed by atoms with van der Waals surface area (Å²) in [6.45, 7) is 7.85. The molecule has 1 fully saturated rings. The monoisotopic (exact) mass is 418 g/mol. The molecule has 2 atom stereocenters. The van der Waals surface area contributed by atoms with Crippen molar-refractivity contribution < 1.29 is 23.8 Å². The van der Waals surface area contributed by atoms with Crippen LogP contribution in [0.1, 0.15) is 39.3 Å². The van der Waals surface area contributed by atoms with Gasteiger partial charge in [-0.25, -0.2) is 9.79 Å². The van der Waals surface area contributed by atoms with E-state index in [0.717, 1.165) is 5.56 Å². The normalized spacial score (nSPS) is 21.3. The molecule has 1 saturated heterocycles. The summed E-state index contributed by atoms with van der Waals surface area (Å²) in [5, 5.41) is 0.329. The lowest BCUT2D eigenvalue weighted by Gasteiger charge is -2.33. The summed E-state index contributed by atoms with van der Waals surface area (Å²) >= 11 is 1.39. The topological polar surface area (TPSA) is 77.4 Å². The number of hydrogen-bond donors (Lipinski definition) is 0. The lowest BCUT2D eigenvalue weighted by molar-refractivity contribution is -0.141. The van der Waals surface area contributed by atoms with E-state index in [9.17, 15) is 9.59 Å². The van der Waals surface area contributed by atoms with Gasteiger partial charge in [0.25, 0.3) is 0 Å². The van der Waals surface area contributed by atoms with Gasteiger partial charge < -0.3 is 14.2 Å². The lowest BCUT2D eigenvalue weighted by Crippen LogP contribution is -2.40. The second-order valence-electron chi connectivity index (χ2n) is 7.37. The van der Waals surface area contributed by atoms with E-state index in [2.05, 4.69) is 4.99 Å². The van der Waals surface area contributed by atoms with Gasteiger partial charge in [0.15, 0.2) is 16.7 Å². The van der Waals surface area contributed by atoms with Crippen LogP contribution in [-0.4, -0.2) is 48.0 Å². The Bertz CT molecular complexity index is 893. The molecule has 3 rings (SSSR count). The van der Waals surface area contributed by atoms with E-state index >= 15 is 0 Å². The molecular formula is C21H26N2O5S. The van der Waals surface area contributed by atoms with Gasteiger partial charge in [0.2, 0.25) is 5.91 Å². The Balaban J connectivity index is 2.11. The Kier molecular flexibility index (Phi) is 6.21. The fourth-order valence-electron chi connectivity index (χ4n) is 3.32. The number of esters is 1. The van der Waals surface area contributed by atoms with Crippen molar-refractivity contribution in [3.63, 3.8) is 0 Å². The first-order chi connectivity index (χ1) is 13.8. The minimum atomic E-state index is -0.632. The predicted octanol–water partition coefficient (Wildman–Crippen LogP) is 3.55. The average molecular weight is 419 g/mol. The van der Waals surface area contributed by atoms with Gasteiger partial charge in [-0.15, -0.1) is 0 Å². The van der Waals surface area contributed by atoms with Gasteiger partial charge in [0.05, 0.1) is 43.4 Å². The highest BCUT2D eigenvalue weighted by Crippen LogP contribution is 2.44. The third-order valence-corrected chi connectivity index (χ3v) is 5.80. The molecule has 0 bridgehead atoms. The summed E-state index contributed by atoms with van der Waals surface area (Å²) in [7, 11) is 3.11. The number of rotatable bonds is 6. The van der Waals surface area contributed by atoms with Gasteiger partial charge in [-0.05, 0) is 37.5 Å². The van der Waals surface area contributed by atoms with Crippen molar-refractivity contribution in [2.24, 2.45) is 10.9 Å². The van der Waals surface area contributed by atoms with Crippen LogP contribution in [0.3, 0.4) is 0 Å². The van der Waals surface area contributed by atoms with Gasteiger partial charge >= 0.3 is 5.97 Å². The Morgan fingerprint density at radius 1 is 1.24 bits per heavy atom. The first-order valence-electron chi connectivity index (χ1n) is 9.46. The molecule has 1 aromatic rings. The third-order valence-electron chi connectivity index (χ3n) is 4.75. The van der Waals surface area contributed by atoms with E-state index in [0.29, 0.717) is 34.5 Å². The lowest BCUT2D eigenvalue weighted by atomic mass is 9.94. The predicted molar refractivity (Wildman–Crippen MR) is 112 cm³/mol. The van der Waals surface area contributed by atoms with Crippen LogP contribution in [-0.2, 0) is 14.3 Å². The Hall–Kier alpha value is -2.48. The highest BCUT2D eigenvalue weighted by Gasteiger charge is 2.46. The summed E-state index contributed by atoms with van der Waals surface area (Å²) in [6.07, 6.45) is 0. The number of amidine groups is 1. The molecule has 0 spiro atoms. The van der Waals surface area contributed by atoms with Crippen LogP contribution in [0.4, 0.5) is 0 Å². The summed E-state index contributed by atoms with van der Waals surface area (Å²) in [6, 6.07) is 4.75. The largest absolute Gasteiger partial charge is 0.493 e. The molecule has 2 aliphatic heterocycles. The van der Waals surface area contributed by atoms with Crippen LogP contribution in [0.2, 0.25) is 0 Å². The van der Waals surface area contributed by atoms with Crippen molar-refractivity contribution in [1.29, 1.82) is 0 Å². The summed E-state index contributed by atoms with van der Waals surface area (Å²) in [5.41, 5.74) is 1.65. The molecule has 1 aromatic carbocycles. The summed E-state index contributed by atoms with van der Waals surface area (Å²) in [4.78, 5) is 32.1. The fourth-order valence-corrected chi connectivity index (χ4v) is 4.35. The van der Waals surface area contributed by atoms with Crippen molar-refractivity contribution in [2.75, 3.05) is 20.8 Å². The first-order valence-corrected chi connectivity index (χ1v) is 10.3. The number of fused-ring (bicyclic) bond motifs is 1. The quantitative estimate of drug-likeness (QED) is 0.658. The SMILES string of the molecule is COc1ccc([C@H]2C(C(=O)OCC(C)C)=C(C)N=C3S[C@H](C)C(=O)N32)cc1OC. The van der Waals surface area contributed by atoms with Gasteiger partial charge in [-0.2, -0.15) is 0 Å². The number of carbonyl (C=O) groups excluding carboxylic acids is 2. The Morgan fingerprint density at radius 2 is 1.93 bits per heavy atom. The van der Waals surface area contributed by atoms with E-state index in [1.54, 1.807) is 38.2 Å². The number of allylic oxidation sites excluding steroid dienone is 1. The molecule has 156 valence electrons. The number of thioether (sulfide) groups is 1. The van der Waals surface area contributed by atoms with Gasteiger partial charge in [0.1, 0.15) is 0 Å². The second kappa shape index (κ2) is 8.49. The maximum absolute atomic E-state index is 13.0. The van der Waals surface area contributed by atoms with Crippen LogP contribution in [0.25, 0.3) is 0 Å². The highest BCUT2D eigenvalue weighted by atomic mass is 32.2. The molecule has 8 heteroatoms. The van der Waals surface area contributed by atoms with E-state index in [4.69, 9.17) is 14.2 Å². The minimum absolute atomic E-state index is 0.0878. The summed E-state index contributed by atoms with van der Waals surface area (Å²) < 4.78 is 16.3. The first kappa shape index (κ1) is 21.2. The van der Waals surface area contributed by atoms with Crippen molar-refractivity contribution in [3.8, 4) is 11.5 Å². The highest BCUT2D eigenvalue weighted by molar-refractivity contribution is 8.15. The van der Waals surface area contributed by atoms with Crippen molar-refractivity contribution in [3.05, 3.63) is 35.0 Å². The molecular weight excluding hydrogens is 392 g/mol. The fraction of sp³-hybridized carbons (Fsp3) is 0.476. The molecule has 29 heavy (non-hydrogen) atoms. The standard InChI is InChI=1S/C21H26N2O5S/c1-11(2)10-28-20(25)17-12(3)22-21-23(19(24)13(4)29-21)18(17)14-7-8-15(26-5)16(9-14)27-6/h7-9,11,13,18H,10H2,1-6H3/t13-,18+/m1/s1. The number of methoxy groups -OCH3 is 2. The molecule has 0 radical (unpaired) electrons. The van der Waals surface area contributed by atoms with Crippen LogP contribution < -0.4 is 9.47 Å². The van der Waals surface area contributed by atoms with E-state index in [-0.39, 0.29) is 17.1 Å². The van der Waals surface area contributed by atoms with Crippen LogP contribution in [0.5, 0.6) is 11.5 Å². The molecule has 2 heterocycles. The van der Waals surface area contributed by atoms with Crippen LogP contribution in [0.15, 0.2) is 34.5 Å². The smallest absolute Gasteiger partial charge is 0.338 e. The van der Waals surface area contributed by atoms with Gasteiger partial charge in [0, 0.05) is 0 Å². The van der Waals surface area contributed by atoms with Crippen molar-refractivity contribution >= 4 is 28.8 Å². The molecule has 2 aliphatic rings. The van der Waals surface area contributed by atoms with E-state index in [1.165, 1.54) is 11.8 Å². The number of benzene rings is 1. The third kappa shape index (κ3) is 3.99. The number of amides is 1. The van der Waals surface area contributed by atoms with Gasteiger partial charge in [-0.3, -0.25) is 9.69 Å². The second-order valence-corrected chi connectivity index (χ2v) is 8.68. The van der Waals surface area contributed by atoms with Gasteiger partial charge in [-0.1, -0.05) is 31.7 Å². The molecule has 0 aliphatic carbocycles. The molecule has 0 saturated carbocycles. The average Bonchev–Trinajstić information content (AvgIpc) is 2.97. The number of aliphatic imine (C=N–C) groups is 1. The van der Waals surface area contributed by atoms with Crippen LogP contribution in [0, 0.1) is 5.92 Å². The number of nitrogens with zero attached hydrogens (tertiary/aromatic N) is 2.